The molecule has 0 spiro atoms. The Labute approximate surface area is 413 Å². The van der Waals surface area contributed by atoms with Crippen molar-refractivity contribution < 1.29 is 0 Å². The van der Waals surface area contributed by atoms with Crippen LogP contribution in [0.1, 0.15) is 22.3 Å². The number of aromatic nitrogens is 7. The van der Waals surface area contributed by atoms with Crippen LogP contribution in [0.25, 0.3) is 118 Å². The highest BCUT2D eigenvalue weighted by molar-refractivity contribution is 6.12. The lowest BCUT2D eigenvalue weighted by Crippen LogP contribution is -2.07. The van der Waals surface area contributed by atoms with E-state index in [1.54, 1.807) is 0 Å². The van der Waals surface area contributed by atoms with Crippen molar-refractivity contribution in [3.63, 3.8) is 0 Å². The monoisotopic (exact) mass is 913 g/mol. The summed E-state index contributed by atoms with van der Waals surface area (Å²) >= 11 is 0. The first-order chi connectivity index (χ1) is 34.8. The summed E-state index contributed by atoms with van der Waals surface area (Å²) in [6.07, 6.45) is 0. The van der Waals surface area contributed by atoms with Gasteiger partial charge in [0.05, 0.1) is 16.7 Å². The molecule has 0 saturated heterocycles. The summed E-state index contributed by atoms with van der Waals surface area (Å²) in [6.45, 7) is 8.65. The van der Waals surface area contributed by atoms with Crippen LogP contribution in [0.5, 0.6) is 0 Å². The molecule has 0 unspecified atom stereocenters. The summed E-state index contributed by atoms with van der Waals surface area (Å²) in [7, 11) is 0. The molecule has 7 heteroatoms. The highest BCUT2D eigenvalue weighted by atomic mass is 15.1. The minimum Gasteiger partial charge on any atom is -0.308 e. The molecule has 0 aliphatic rings. The molecule has 0 aliphatic heterocycles. The van der Waals surface area contributed by atoms with Gasteiger partial charge in [0, 0.05) is 44.2 Å². The topological polar surface area (TPSA) is 82.3 Å². The van der Waals surface area contributed by atoms with Crippen molar-refractivity contribution >= 4 is 21.8 Å². The van der Waals surface area contributed by atoms with E-state index >= 15 is 0 Å². The molecule has 3 heterocycles. The van der Waals surface area contributed by atoms with Gasteiger partial charge in [-0.05, 0) is 86.3 Å². The van der Waals surface area contributed by atoms with Crippen molar-refractivity contribution in [1.29, 1.82) is 0 Å². The maximum atomic E-state index is 5.35. The molecule has 9 aromatic carbocycles. The van der Waals surface area contributed by atoms with Gasteiger partial charge in [-0.2, -0.15) is 0 Å². The number of rotatable bonds is 9. The van der Waals surface area contributed by atoms with Gasteiger partial charge in [0.15, 0.2) is 34.9 Å². The van der Waals surface area contributed by atoms with E-state index in [9.17, 15) is 0 Å². The van der Waals surface area contributed by atoms with E-state index in [0.29, 0.717) is 34.9 Å². The predicted molar refractivity (Wildman–Crippen MR) is 290 cm³/mol. The average molecular weight is 914 g/mol. The summed E-state index contributed by atoms with van der Waals surface area (Å²) in [5.41, 5.74) is 17.5. The highest BCUT2D eigenvalue weighted by Crippen LogP contribution is 2.43. The van der Waals surface area contributed by atoms with E-state index in [1.807, 2.05) is 121 Å². The number of aryl methyl sites for hydroxylation is 4. The molecule has 12 rings (SSSR count). The van der Waals surface area contributed by atoms with Crippen LogP contribution >= 0.6 is 0 Å². The van der Waals surface area contributed by atoms with Gasteiger partial charge in [-0.25, -0.2) is 29.9 Å². The molecule has 0 aliphatic carbocycles. The second-order valence-corrected chi connectivity index (χ2v) is 18.3. The number of hydrogen-bond donors (Lipinski definition) is 0. The maximum absolute atomic E-state index is 5.35. The third-order valence-corrected chi connectivity index (χ3v) is 13.0. The lowest BCUT2D eigenvalue weighted by atomic mass is 9.97. The Kier molecular flexibility index (Phi) is 10.9. The molecule has 0 bridgehead atoms. The fourth-order valence-corrected chi connectivity index (χ4v) is 9.91. The van der Waals surface area contributed by atoms with E-state index in [4.69, 9.17) is 29.9 Å². The zero-order valence-electron chi connectivity index (χ0n) is 39.8. The standard InChI is InChI=1S/C64H47N7/c1-40-32-41(2)35-50(34-40)48-28-30-56-54(38-48)55-39-49(51-36-42(3)33-43(4)37-51)29-31-57(55)71(56)58-52(63-67-59(44-18-9-5-10-19-44)65-60(68-63)45-20-11-6-12-21-45)26-17-27-53(58)64-69-61(46-22-13-7-14-23-46)66-62(70-64)47-24-15-8-16-25-47/h5-39H,1-4H3. The van der Waals surface area contributed by atoms with Gasteiger partial charge in [-0.1, -0.05) is 198 Å². The van der Waals surface area contributed by atoms with Gasteiger partial charge < -0.3 is 4.57 Å². The van der Waals surface area contributed by atoms with Gasteiger partial charge in [0.25, 0.3) is 0 Å². The number of hydrogen-bond acceptors (Lipinski definition) is 6. The Morgan fingerprint density at radius 2 is 0.563 bits per heavy atom. The summed E-state index contributed by atoms with van der Waals surface area (Å²) in [4.78, 5) is 31.6. The summed E-state index contributed by atoms with van der Waals surface area (Å²) in [5.74, 6) is 3.32. The molecule has 71 heavy (non-hydrogen) atoms. The maximum Gasteiger partial charge on any atom is 0.166 e. The second kappa shape index (κ2) is 18.0. The minimum atomic E-state index is 0.517. The van der Waals surface area contributed by atoms with Gasteiger partial charge in [0.2, 0.25) is 0 Å². The first-order valence-electron chi connectivity index (χ1n) is 23.9. The van der Waals surface area contributed by atoms with Crippen molar-refractivity contribution in [2.24, 2.45) is 0 Å². The van der Waals surface area contributed by atoms with E-state index in [2.05, 4.69) is 123 Å². The zero-order chi connectivity index (χ0) is 48.0. The number of benzene rings is 9. The molecule has 0 atom stereocenters. The lowest BCUT2D eigenvalue weighted by molar-refractivity contribution is 1.05. The average Bonchev–Trinajstić information content (AvgIpc) is 3.73. The SMILES string of the molecule is Cc1cc(C)cc(-c2ccc3c(c2)c2cc(-c4cc(C)cc(C)c4)ccc2n3-c2c(-c3nc(-c4ccccc4)nc(-c4ccccc4)n3)cccc2-c2nc(-c3ccccc3)nc(-c3ccccc3)n2)c1. The lowest BCUT2D eigenvalue weighted by Gasteiger charge is -2.19. The molecule has 12 aromatic rings. The minimum absolute atomic E-state index is 0.517. The molecule has 0 fully saturated rings. The van der Waals surface area contributed by atoms with Crippen molar-refractivity contribution in [3.05, 3.63) is 235 Å². The Bertz CT molecular complexity index is 3550. The number of para-hydroxylation sites is 1. The molecule has 338 valence electrons. The summed E-state index contributed by atoms with van der Waals surface area (Å²) < 4.78 is 2.37. The van der Waals surface area contributed by atoms with Gasteiger partial charge in [-0.3, -0.25) is 0 Å². The highest BCUT2D eigenvalue weighted by Gasteiger charge is 2.25. The molecular weight excluding hydrogens is 867 g/mol. The Morgan fingerprint density at radius 3 is 0.887 bits per heavy atom. The van der Waals surface area contributed by atoms with Gasteiger partial charge >= 0.3 is 0 Å². The van der Waals surface area contributed by atoms with Gasteiger partial charge in [0.1, 0.15) is 0 Å². The number of nitrogens with zero attached hydrogens (tertiary/aromatic N) is 7. The fraction of sp³-hybridized carbons (Fsp3) is 0.0625. The Hall–Kier alpha value is -9.20. The van der Waals surface area contributed by atoms with Crippen LogP contribution in [0, 0.1) is 27.7 Å². The summed E-state index contributed by atoms with van der Waals surface area (Å²) in [5, 5.41) is 2.22. The van der Waals surface area contributed by atoms with E-state index < -0.39 is 0 Å². The Morgan fingerprint density at radius 1 is 0.254 bits per heavy atom. The molecule has 0 radical (unpaired) electrons. The van der Waals surface area contributed by atoms with Crippen molar-refractivity contribution in [3.8, 4) is 96.3 Å². The first-order valence-corrected chi connectivity index (χ1v) is 23.9. The van der Waals surface area contributed by atoms with Crippen LogP contribution in [-0.4, -0.2) is 34.5 Å². The van der Waals surface area contributed by atoms with Crippen LogP contribution in [0.2, 0.25) is 0 Å². The van der Waals surface area contributed by atoms with Crippen LogP contribution < -0.4 is 0 Å². The molecule has 0 N–H and O–H groups in total. The van der Waals surface area contributed by atoms with Crippen molar-refractivity contribution in [2.75, 3.05) is 0 Å². The molecule has 7 nitrogen and oxygen atoms in total. The molecule has 3 aromatic heterocycles. The quantitative estimate of drug-likeness (QED) is 0.143. The van der Waals surface area contributed by atoms with Gasteiger partial charge in [-0.15, -0.1) is 0 Å². The molecule has 0 saturated carbocycles. The fourth-order valence-electron chi connectivity index (χ4n) is 9.91. The third-order valence-electron chi connectivity index (χ3n) is 13.0. The third kappa shape index (κ3) is 8.34. The van der Waals surface area contributed by atoms with Crippen LogP contribution in [0.15, 0.2) is 212 Å². The van der Waals surface area contributed by atoms with E-state index in [-0.39, 0.29) is 0 Å². The Balaban J connectivity index is 1.21. The molecule has 0 amide bonds. The zero-order valence-corrected chi connectivity index (χ0v) is 39.8. The predicted octanol–water partition coefficient (Wildman–Crippen LogP) is 15.7. The van der Waals surface area contributed by atoms with Crippen molar-refractivity contribution in [2.45, 2.75) is 27.7 Å². The van der Waals surface area contributed by atoms with Crippen LogP contribution in [0.3, 0.4) is 0 Å². The second-order valence-electron chi connectivity index (χ2n) is 18.3. The molecular formula is C64H47N7. The number of fused-ring (bicyclic) bond motifs is 3. The van der Waals surface area contributed by atoms with Crippen LogP contribution in [-0.2, 0) is 0 Å². The normalized spacial score (nSPS) is 11.4. The van der Waals surface area contributed by atoms with E-state index in [0.717, 1.165) is 72.0 Å². The smallest absolute Gasteiger partial charge is 0.166 e. The van der Waals surface area contributed by atoms with Crippen LogP contribution in [0.4, 0.5) is 0 Å². The first kappa shape index (κ1) is 43.1. The largest absolute Gasteiger partial charge is 0.308 e. The summed E-state index contributed by atoms with van der Waals surface area (Å²) in [6, 6.07) is 74.0. The van der Waals surface area contributed by atoms with E-state index in [1.165, 1.54) is 33.4 Å². The van der Waals surface area contributed by atoms with Crippen molar-refractivity contribution in [1.82, 2.24) is 34.5 Å².